The lowest BCUT2D eigenvalue weighted by Crippen LogP contribution is -2.19. The van der Waals surface area contributed by atoms with E-state index in [4.69, 9.17) is 0 Å². The van der Waals surface area contributed by atoms with Gasteiger partial charge in [0.25, 0.3) is 0 Å². The molecule has 1 aromatic heterocycles. The zero-order chi connectivity index (χ0) is 14.8. The van der Waals surface area contributed by atoms with E-state index in [0.29, 0.717) is 11.6 Å². The third kappa shape index (κ3) is 2.64. The van der Waals surface area contributed by atoms with Crippen LogP contribution in [0.1, 0.15) is 61.8 Å². The molecule has 3 rings (SSSR count). The number of carboxylic acids is 1. The van der Waals surface area contributed by atoms with Crippen molar-refractivity contribution in [1.29, 1.82) is 0 Å². The number of benzene rings is 1. The molecule has 1 saturated carbocycles. The van der Waals surface area contributed by atoms with Crippen molar-refractivity contribution < 1.29 is 9.90 Å². The summed E-state index contributed by atoms with van der Waals surface area (Å²) in [6.45, 7) is 2.24. The molecule has 5 heteroatoms. The van der Waals surface area contributed by atoms with Gasteiger partial charge in [0.1, 0.15) is 5.52 Å². The first-order valence-electron chi connectivity index (χ1n) is 7.78. The Kier molecular flexibility index (Phi) is 3.90. The van der Waals surface area contributed by atoms with Crippen LogP contribution in [-0.2, 0) is 0 Å². The van der Waals surface area contributed by atoms with Gasteiger partial charge in [-0.25, -0.2) is 9.48 Å². The Morgan fingerprint density at radius 1 is 1.33 bits per heavy atom. The molecule has 0 aliphatic heterocycles. The second kappa shape index (κ2) is 5.84. The lowest BCUT2D eigenvalue weighted by atomic mass is 9.83. The Balaban J connectivity index is 1.86. The summed E-state index contributed by atoms with van der Waals surface area (Å²) in [6, 6.07) is 5.63. The molecule has 0 spiro atoms. The summed E-state index contributed by atoms with van der Waals surface area (Å²) in [5.41, 5.74) is 1.58. The van der Waals surface area contributed by atoms with Crippen molar-refractivity contribution >= 4 is 17.0 Å². The van der Waals surface area contributed by atoms with Gasteiger partial charge in [0.2, 0.25) is 0 Å². The van der Waals surface area contributed by atoms with E-state index >= 15 is 0 Å². The van der Waals surface area contributed by atoms with Gasteiger partial charge in [-0.1, -0.05) is 31.0 Å². The maximum atomic E-state index is 11.2. The van der Waals surface area contributed by atoms with Crippen molar-refractivity contribution in [2.24, 2.45) is 5.92 Å². The van der Waals surface area contributed by atoms with Gasteiger partial charge in [0.15, 0.2) is 0 Å². The number of hydrogen-bond donors (Lipinski definition) is 1. The van der Waals surface area contributed by atoms with E-state index in [1.165, 1.54) is 25.7 Å². The van der Waals surface area contributed by atoms with Crippen LogP contribution in [0, 0.1) is 5.92 Å². The lowest BCUT2D eigenvalue weighted by Gasteiger charge is -2.28. The standard InChI is InChI=1S/C16H21N3O2/c1-2-4-11-7-9-12(10-8-11)19-14-6-3-5-13(16(20)21)15(14)17-18-19/h3,5-6,11-12H,2,4,7-10H2,1H3,(H,20,21). The van der Waals surface area contributed by atoms with Crippen molar-refractivity contribution in [2.45, 2.75) is 51.5 Å². The maximum Gasteiger partial charge on any atom is 0.338 e. The summed E-state index contributed by atoms with van der Waals surface area (Å²) >= 11 is 0. The first kappa shape index (κ1) is 14.0. The van der Waals surface area contributed by atoms with Crippen LogP contribution in [0.25, 0.3) is 11.0 Å². The molecule has 0 amide bonds. The molecule has 1 heterocycles. The fourth-order valence-corrected chi connectivity index (χ4v) is 3.49. The summed E-state index contributed by atoms with van der Waals surface area (Å²) in [7, 11) is 0. The van der Waals surface area contributed by atoms with Crippen LogP contribution in [0.2, 0.25) is 0 Å². The molecule has 0 atom stereocenters. The van der Waals surface area contributed by atoms with Gasteiger partial charge in [-0.3, -0.25) is 0 Å². The van der Waals surface area contributed by atoms with E-state index in [2.05, 4.69) is 17.2 Å². The van der Waals surface area contributed by atoms with Crippen LogP contribution in [0.4, 0.5) is 0 Å². The molecule has 1 aliphatic rings. The lowest BCUT2D eigenvalue weighted by molar-refractivity contribution is 0.0699. The second-order valence-electron chi connectivity index (χ2n) is 5.98. The Bertz CT molecular complexity index is 642. The van der Waals surface area contributed by atoms with Crippen molar-refractivity contribution in [3.05, 3.63) is 23.8 Å². The monoisotopic (exact) mass is 287 g/mol. The summed E-state index contributed by atoms with van der Waals surface area (Å²) in [4.78, 5) is 11.2. The fourth-order valence-electron chi connectivity index (χ4n) is 3.49. The van der Waals surface area contributed by atoms with Crippen LogP contribution >= 0.6 is 0 Å². The van der Waals surface area contributed by atoms with Crippen molar-refractivity contribution in [2.75, 3.05) is 0 Å². The van der Waals surface area contributed by atoms with Crippen LogP contribution in [0.5, 0.6) is 0 Å². The number of hydrogen-bond acceptors (Lipinski definition) is 3. The summed E-state index contributed by atoms with van der Waals surface area (Å²) in [6.07, 6.45) is 7.26. The highest BCUT2D eigenvalue weighted by molar-refractivity contribution is 6.00. The number of carboxylic acid groups (broad SMARTS) is 1. The van der Waals surface area contributed by atoms with E-state index in [1.807, 2.05) is 10.7 Å². The van der Waals surface area contributed by atoms with E-state index in [0.717, 1.165) is 24.3 Å². The van der Waals surface area contributed by atoms with Crippen LogP contribution < -0.4 is 0 Å². The summed E-state index contributed by atoms with van der Waals surface area (Å²) in [5.74, 6) is -0.102. The van der Waals surface area contributed by atoms with E-state index in [1.54, 1.807) is 12.1 Å². The third-order valence-electron chi connectivity index (χ3n) is 4.59. The Hall–Kier alpha value is -1.91. The van der Waals surface area contributed by atoms with E-state index in [-0.39, 0.29) is 5.56 Å². The highest BCUT2D eigenvalue weighted by Gasteiger charge is 2.24. The number of fused-ring (bicyclic) bond motifs is 1. The fraction of sp³-hybridized carbons (Fsp3) is 0.562. The zero-order valence-corrected chi connectivity index (χ0v) is 12.3. The second-order valence-corrected chi connectivity index (χ2v) is 5.98. The molecular formula is C16H21N3O2. The van der Waals surface area contributed by atoms with Gasteiger partial charge in [0.05, 0.1) is 17.1 Å². The number of aromatic nitrogens is 3. The molecule has 2 aromatic rings. The van der Waals surface area contributed by atoms with Gasteiger partial charge in [-0.15, -0.1) is 5.10 Å². The molecule has 0 bridgehead atoms. The van der Waals surface area contributed by atoms with E-state index in [9.17, 15) is 9.90 Å². The average Bonchev–Trinajstić information content (AvgIpc) is 2.92. The minimum atomic E-state index is -0.945. The van der Waals surface area contributed by atoms with Crippen molar-refractivity contribution in [3.8, 4) is 0 Å². The summed E-state index contributed by atoms with van der Waals surface area (Å²) < 4.78 is 1.93. The zero-order valence-electron chi connectivity index (χ0n) is 12.3. The first-order valence-corrected chi connectivity index (χ1v) is 7.78. The van der Waals surface area contributed by atoms with Gasteiger partial charge in [0, 0.05) is 0 Å². The Morgan fingerprint density at radius 3 is 2.76 bits per heavy atom. The first-order chi connectivity index (χ1) is 10.2. The quantitative estimate of drug-likeness (QED) is 0.931. The third-order valence-corrected chi connectivity index (χ3v) is 4.59. The van der Waals surface area contributed by atoms with Crippen LogP contribution in [0.3, 0.4) is 0 Å². The molecule has 0 radical (unpaired) electrons. The van der Waals surface area contributed by atoms with Gasteiger partial charge < -0.3 is 5.11 Å². The smallest absolute Gasteiger partial charge is 0.338 e. The maximum absolute atomic E-state index is 11.2. The molecule has 1 aliphatic carbocycles. The van der Waals surface area contributed by atoms with Gasteiger partial charge >= 0.3 is 5.97 Å². The van der Waals surface area contributed by atoms with Crippen LogP contribution in [0.15, 0.2) is 18.2 Å². The molecule has 5 nitrogen and oxygen atoms in total. The van der Waals surface area contributed by atoms with Crippen LogP contribution in [-0.4, -0.2) is 26.1 Å². The average molecular weight is 287 g/mol. The summed E-state index contributed by atoms with van der Waals surface area (Å²) in [5, 5.41) is 17.6. The normalized spacial score (nSPS) is 22.5. The van der Waals surface area contributed by atoms with Gasteiger partial charge in [-0.2, -0.15) is 0 Å². The molecule has 112 valence electrons. The largest absolute Gasteiger partial charge is 0.478 e. The highest BCUT2D eigenvalue weighted by Crippen LogP contribution is 2.35. The SMILES string of the molecule is CCCC1CCC(n2nnc3c(C(=O)O)cccc32)CC1. The molecule has 0 unspecified atom stereocenters. The topological polar surface area (TPSA) is 68.0 Å². The van der Waals surface area contributed by atoms with E-state index < -0.39 is 5.97 Å². The minimum absolute atomic E-state index is 0.235. The molecule has 1 N–H and O–H groups in total. The number of rotatable bonds is 4. The van der Waals surface area contributed by atoms with Gasteiger partial charge in [-0.05, 0) is 43.7 Å². The molecule has 1 fully saturated rings. The number of carbonyl (C=O) groups is 1. The predicted molar refractivity (Wildman–Crippen MR) is 80.4 cm³/mol. The minimum Gasteiger partial charge on any atom is -0.478 e. The molecule has 21 heavy (non-hydrogen) atoms. The molecule has 0 saturated heterocycles. The predicted octanol–water partition coefficient (Wildman–Crippen LogP) is 3.66. The molecule has 1 aromatic carbocycles. The Morgan fingerprint density at radius 2 is 2.10 bits per heavy atom. The van der Waals surface area contributed by atoms with Crippen molar-refractivity contribution in [3.63, 3.8) is 0 Å². The molecular weight excluding hydrogens is 266 g/mol. The van der Waals surface area contributed by atoms with Crippen molar-refractivity contribution in [1.82, 2.24) is 15.0 Å². The highest BCUT2D eigenvalue weighted by atomic mass is 16.4. The number of nitrogens with zero attached hydrogens (tertiary/aromatic N) is 3. The number of aromatic carboxylic acids is 1. The Labute approximate surface area is 124 Å².